The normalized spacial score (nSPS) is 17.1. The van der Waals surface area contributed by atoms with Gasteiger partial charge in [0.25, 0.3) is 0 Å². The van der Waals surface area contributed by atoms with Crippen molar-refractivity contribution in [2.24, 2.45) is 0 Å². The van der Waals surface area contributed by atoms with Crippen LogP contribution in [0.15, 0.2) is 311 Å². The molecule has 0 N–H and O–H groups in total. The van der Waals surface area contributed by atoms with Crippen LogP contribution < -0.4 is 0 Å². The van der Waals surface area contributed by atoms with Crippen molar-refractivity contribution in [3.8, 4) is 55.6 Å². The van der Waals surface area contributed by atoms with Gasteiger partial charge in [0, 0.05) is 38.2 Å². The molecule has 2 heteroatoms. The standard InChI is InChI=1S/C42H26O.C40H24O/c1-2-11-28(12-3-1)40-33-15-6-8-17-35(33)41(36-18-9-7-16-34(36)40)29-23-21-27(22-24-29)32-19-10-20-37-38-25-30-13-4-5-14-31(30)26-39(38)43-42(32)37;1-2-11-26-22-29(21-20-25(26)10-1)38-30-14-5-7-16-32(30)39(33-17-8-6-15-31(33)38)35-19-9-18-34-36-23-27-12-3-4-13-28(27)24-37(36)41-40(34)35/h1-26H;1-24H/i6D,7D,8D,9D,15D,16D,17D,18D;1D,2D,3D,4D,5D,6D,7D,8D,9D,10D,11D,12D,13D,14D,15D,16D,17D,18D,19D,20D,21D,22D,23D,24D. The SMILES string of the molecule is [2H]c1c([2H])c([2H])c2c(-c3ccc(-c4cccc5c4oc4cc6ccccc6cc45)cc3)c3c([2H])c([2H])c([2H])c([2H])c3c(-c3ccccc3)c2c1[2H].[2H]c1c([2H])c([2H])c2c(oc3c([2H])c4c([2H])c([2H])c([2H])c([2H])c4c([2H])c32)c1-c1c2c([2H])c([2H])c([2H])c([2H])c2c(-c2c([2H])c([2H])c3c([2H])c([2H])c([2H])c([2H])c3c2[2H])c2c([2H])c([2H])c([2H])c([2H])c12. The van der Waals surface area contributed by atoms with Gasteiger partial charge in [-0.05, 0) is 145 Å². The van der Waals surface area contributed by atoms with Crippen molar-refractivity contribution >= 4 is 119 Å². The van der Waals surface area contributed by atoms with Crippen LogP contribution in [-0.4, -0.2) is 0 Å². The number of fused-ring (bicyclic) bond motifs is 13. The van der Waals surface area contributed by atoms with Gasteiger partial charge in [0.1, 0.15) is 22.3 Å². The van der Waals surface area contributed by atoms with Crippen LogP contribution in [0.1, 0.15) is 43.9 Å². The zero-order valence-corrected chi connectivity index (χ0v) is 43.2. The molecule has 0 spiro atoms. The fourth-order valence-corrected chi connectivity index (χ4v) is 11.4. The Balaban J connectivity index is 0.000000172. The van der Waals surface area contributed by atoms with Crippen molar-refractivity contribution in [1.29, 1.82) is 0 Å². The van der Waals surface area contributed by atoms with Gasteiger partial charge in [-0.1, -0.05) is 272 Å². The zero-order chi connectivity index (χ0) is 83.1. The summed E-state index contributed by atoms with van der Waals surface area (Å²) >= 11 is 0. The fraction of sp³-hybridized carbons (Fsp3) is 0. The van der Waals surface area contributed by atoms with E-state index in [1.807, 2.05) is 60.7 Å². The van der Waals surface area contributed by atoms with Crippen LogP contribution >= 0.6 is 0 Å². The van der Waals surface area contributed by atoms with Gasteiger partial charge in [-0.15, -0.1) is 0 Å². The molecule has 2 nitrogen and oxygen atoms in total. The highest BCUT2D eigenvalue weighted by Gasteiger charge is 2.22. The van der Waals surface area contributed by atoms with Gasteiger partial charge in [0.15, 0.2) is 0 Å². The summed E-state index contributed by atoms with van der Waals surface area (Å²) in [5.41, 5.74) is 1.20. The van der Waals surface area contributed by atoms with E-state index in [-0.39, 0.29) is 45.7 Å². The molecule has 2 heterocycles. The van der Waals surface area contributed by atoms with E-state index in [9.17, 15) is 11.0 Å². The second-order valence-electron chi connectivity index (χ2n) is 19.7. The van der Waals surface area contributed by atoms with Crippen molar-refractivity contribution in [1.82, 2.24) is 0 Å². The molecule has 0 aliphatic heterocycles. The third-order valence-electron chi connectivity index (χ3n) is 15.1. The van der Waals surface area contributed by atoms with E-state index in [1.165, 1.54) is 0 Å². The summed E-state index contributed by atoms with van der Waals surface area (Å²) in [4.78, 5) is 0. The molecule has 0 bridgehead atoms. The maximum atomic E-state index is 9.43. The molecule has 390 valence electrons. The van der Waals surface area contributed by atoms with E-state index >= 15 is 0 Å². The summed E-state index contributed by atoms with van der Waals surface area (Å²) < 4.78 is 297. The Hall–Kier alpha value is -11.1. The number of hydrogen-bond donors (Lipinski definition) is 0. The van der Waals surface area contributed by atoms with Crippen molar-refractivity contribution in [2.45, 2.75) is 0 Å². The van der Waals surface area contributed by atoms with E-state index in [4.69, 9.17) is 41.7 Å². The molecular formula is C82H50O2. The third-order valence-corrected chi connectivity index (χ3v) is 15.1. The topological polar surface area (TPSA) is 26.3 Å². The molecule has 18 rings (SSSR count). The van der Waals surface area contributed by atoms with Crippen LogP contribution in [0.3, 0.4) is 0 Å². The predicted octanol–water partition coefficient (Wildman–Crippen LogP) is 23.6. The molecule has 18 aromatic rings. The summed E-state index contributed by atoms with van der Waals surface area (Å²) in [6.45, 7) is 0. The average molecular weight is 1100 g/mol. The molecule has 0 amide bonds. The molecule has 0 atom stereocenters. The Bertz CT molecular complexity index is 7480. The van der Waals surface area contributed by atoms with Crippen LogP contribution in [0, 0.1) is 0 Å². The largest absolute Gasteiger partial charge is 0.455 e. The van der Waals surface area contributed by atoms with E-state index < -0.39 is 256 Å². The second kappa shape index (κ2) is 19.3. The van der Waals surface area contributed by atoms with Crippen molar-refractivity contribution in [3.05, 3.63) is 303 Å². The molecular weight excluding hydrogens is 1020 g/mol. The number of para-hydroxylation sites is 2. The minimum Gasteiger partial charge on any atom is -0.455 e. The third kappa shape index (κ3) is 7.65. The van der Waals surface area contributed by atoms with Crippen molar-refractivity contribution < 1.29 is 52.7 Å². The quantitative estimate of drug-likeness (QED) is 0.161. The minimum atomic E-state index is -0.937. The Kier molecular flexibility index (Phi) is 5.93. The first-order valence-corrected chi connectivity index (χ1v) is 26.3. The highest BCUT2D eigenvalue weighted by molar-refractivity contribution is 6.26. The van der Waals surface area contributed by atoms with Gasteiger partial charge in [-0.25, -0.2) is 0 Å². The smallest absolute Gasteiger partial charge is 0.143 e. The van der Waals surface area contributed by atoms with Crippen LogP contribution in [0.2, 0.25) is 0 Å². The zero-order valence-electron chi connectivity index (χ0n) is 75.2. The van der Waals surface area contributed by atoms with Crippen LogP contribution in [-0.2, 0) is 0 Å². The molecule has 0 saturated heterocycles. The maximum Gasteiger partial charge on any atom is 0.143 e. The van der Waals surface area contributed by atoms with E-state index in [2.05, 4.69) is 24.3 Å². The first kappa shape index (κ1) is 25.8. The number of furan rings is 2. The number of hydrogen-bond acceptors (Lipinski definition) is 2. The fourth-order valence-electron chi connectivity index (χ4n) is 11.4. The molecule has 0 aliphatic carbocycles. The summed E-state index contributed by atoms with van der Waals surface area (Å²) in [6, 6.07) is 11.8. The van der Waals surface area contributed by atoms with Gasteiger partial charge >= 0.3 is 0 Å². The molecule has 0 unspecified atom stereocenters. The van der Waals surface area contributed by atoms with Gasteiger partial charge < -0.3 is 8.83 Å². The van der Waals surface area contributed by atoms with Gasteiger partial charge in [0.05, 0.1) is 43.9 Å². The van der Waals surface area contributed by atoms with E-state index in [1.54, 1.807) is 24.3 Å². The number of benzene rings is 16. The first-order valence-electron chi connectivity index (χ1n) is 42.3. The van der Waals surface area contributed by atoms with Gasteiger partial charge in [-0.2, -0.15) is 0 Å². The molecule has 16 aromatic carbocycles. The number of rotatable bonds is 5. The Labute approximate surface area is 529 Å². The first-order chi connectivity index (χ1) is 55.0. The average Bonchev–Trinajstić information content (AvgIpc) is 1.08. The molecule has 2 aromatic heterocycles. The highest BCUT2D eigenvalue weighted by atomic mass is 16.3. The second-order valence-corrected chi connectivity index (χ2v) is 19.7. The van der Waals surface area contributed by atoms with Crippen LogP contribution in [0.5, 0.6) is 0 Å². The predicted molar refractivity (Wildman–Crippen MR) is 357 cm³/mol. The van der Waals surface area contributed by atoms with Crippen LogP contribution in [0.4, 0.5) is 0 Å². The minimum absolute atomic E-state index is 0.191. The monoisotopic (exact) mass is 1100 g/mol. The van der Waals surface area contributed by atoms with Gasteiger partial charge in [0.2, 0.25) is 0 Å². The highest BCUT2D eigenvalue weighted by Crippen LogP contribution is 2.48. The molecule has 84 heavy (non-hydrogen) atoms. The molecule has 0 saturated carbocycles. The lowest BCUT2D eigenvalue weighted by Crippen LogP contribution is -1.91. The Morgan fingerprint density at radius 1 is 0.226 bits per heavy atom. The van der Waals surface area contributed by atoms with E-state index in [0.29, 0.717) is 22.3 Å². The Morgan fingerprint density at radius 3 is 1.31 bits per heavy atom. The Morgan fingerprint density at radius 2 is 0.690 bits per heavy atom. The summed E-state index contributed by atoms with van der Waals surface area (Å²) in [7, 11) is 0. The lowest BCUT2D eigenvalue weighted by atomic mass is 9.85. The molecule has 0 radical (unpaired) electrons. The van der Waals surface area contributed by atoms with Gasteiger partial charge in [-0.3, -0.25) is 0 Å². The molecule has 0 aliphatic rings. The van der Waals surface area contributed by atoms with Crippen molar-refractivity contribution in [3.63, 3.8) is 0 Å². The summed E-state index contributed by atoms with van der Waals surface area (Å²) in [5.74, 6) is 0. The summed E-state index contributed by atoms with van der Waals surface area (Å²) in [5, 5.41) is -0.571. The molecule has 0 fully saturated rings. The summed E-state index contributed by atoms with van der Waals surface area (Å²) in [6.07, 6.45) is 0. The van der Waals surface area contributed by atoms with Crippen LogP contribution in [0.25, 0.3) is 175 Å². The lowest BCUT2D eigenvalue weighted by Gasteiger charge is -2.18. The maximum absolute atomic E-state index is 9.43. The van der Waals surface area contributed by atoms with Crippen molar-refractivity contribution in [2.75, 3.05) is 0 Å². The van der Waals surface area contributed by atoms with E-state index in [0.717, 1.165) is 43.8 Å². The lowest BCUT2D eigenvalue weighted by molar-refractivity contribution is 0.670.